The Bertz CT molecular complexity index is 511. The normalized spacial score (nSPS) is 27.3. The summed E-state index contributed by atoms with van der Waals surface area (Å²) in [6, 6.07) is 2.63. The van der Waals surface area contributed by atoms with E-state index < -0.39 is 0 Å². The monoisotopic (exact) mass is 306 g/mol. The van der Waals surface area contributed by atoms with E-state index in [1.807, 2.05) is 6.07 Å². The zero-order valence-electron chi connectivity index (χ0n) is 12.5. The minimum Gasteiger partial charge on any atom is -0.355 e. The van der Waals surface area contributed by atoms with Gasteiger partial charge in [-0.3, -0.25) is 4.90 Å². The Morgan fingerprint density at radius 3 is 2.57 bits per heavy atom. The van der Waals surface area contributed by atoms with Crippen LogP contribution in [0.15, 0.2) is 6.07 Å². The summed E-state index contributed by atoms with van der Waals surface area (Å²) in [5.41, 5.74) is 0. The highest BCUT2D eigenvalue weighted by atomic mass is 35.5. The largest absolute Gasteiger partial charge is 0.355 e. The molecule has 4 rings (SSSR count). The lowest BCUT2D eigenvalue weighted by Crippen LogP contribution is -2.41. The fraction of sp³-hybridized carbons (Fsp3) is 0.750. The van der Waals surface area contributed by atoms with Gasteiger partial charge in [-0.25, -0.2) is 9.97 Å². The van der Waals surface area contributed by atoms with Gasteiger partial charge in [0.2, 0.25) is 0 Å². The van der Waals surface area contributed by atoms with Crippen LogP contribution in [0.25, 0.3) is 0 Å². The predicted molar refractivity (Wildman–Crippen MR) is 85.1 cm³/mol. The van der Waals surface area contributed by atoms with E-state index in [0.29, 0.717) is 17.1 Å². The standard InChI is InChI=1S/C16H23ClN4/c17-14-10-15(19-16(18-14)12-4-5-12)21-9-6-13(11-21)20-7-2-1-3-8-20/h10,12-13H,1-9,11H2. The molecule has 1 saturated carbocycles. The van der Waals surface area contributed by atoms with Gasteiger partial charge in [0, 0.05) is 31.1 Å². The van der Waals surface area contributed by atoms with Gasteiger partial charge in [-0.05, 0) is 45.2 Å². The van der Waals surface area contributed by atoms with Crippen LogP contribution in [0.3, 0.4) is 0 Å². The van der Waals surface area contributed by atoms with Gasteiger partial charge in [-0.2, -0.15) is 0 Å². The second kappa shape index (κ2) is 5.73. The highest BCUT2D eigenvalue weighted by Gasteiger charge is 2.31. The van der Waals surface area contributed by atoms with E-state index in [1.165, 1.54) is 51.6 Å². The number of likely N-dealkylation sites (tertiary alicyclic amines) is 1. The van der Waals surface area contributed by atoms with Crippen LogP contribution in [-0.2, 0) is 0 Å². The zero-order valence-corrected chi connectivity index (χ0v) is 13.2. The third-order valence-corrected chi connectivity index (χ3v) is 5.23. The van der Waals surface area contributed by atoms with Crippen LogP contribution in [-0.4, -0.2) is 47.1 Å². The quantitative estimate of drug-likeness (QED) is 0.803. The maximum atomic E-state index is 6.20. The maximum Gasteiger partial charge on any atom is 0.135 e. The summed E-state index contributed by atoms with van der Waals surface area (Å²) in [7, 11) is 0. The highest BCUT2D eigenvalue weighted by Crippen LogP contribution is 2.39. The Hall–Kier alpha value is -0.870. The first-order valence-electron chi connectivity index (χ1n) is 8.33. The molecule has 2 saturated heterocycles. The molecule has 0 bridgehead atoms. The molecule has 1 unspecified atom stereocenters. The summed E-state index contributed by atoms with van der Waals surface area (Å²) < 4.78 is 0. The molecule has 3 fully saturated rings. The SMILES string of the molecule is Clc1cc(N2CCC(N3CCCCC3)C2)nc(C2CC2)n1. The van der Waals surface area contributed by atoms with Crippen LogP contribution < -0.4 is 4.90 Å². The van der Waals surface area contributed by atoms with Gasteiger partial charge < -0.3 is 4.90 Å². The molecule has 114 valence electrons. The topological polar surface area (TPSA) is 32.3 Å². The number of rotatable bonds is 3. The first-order chi connectivity index (χ1) is 10.3. The third-order valence-electron chi connectivity index (χ3n) is 5.04. The molecule has 0 amide bonds. The molecule has 3 heterocycles. The predicted octanol–water partition coefficient (Wildman–Crippen LogP) is 3.07. The molecule has 1 aromatic rings. The molecule has 21 heavy (non-hydrogen) atoms. The second-order valence-corrected chi connectivity index (χ2v) is 7.05. The van der Waals surface area contributed by atoms with Crippen LogP contribution in [0.1, 0.15) is 50.3 Å². The molecule has 0 aromatic carbocycles. The summed E-state index contributed by atoms with van der Waals surface area (Å²) in [5, 5.41) is 0.600. The van der Waals surface area contributed by atoms with E-state index >= 15 is 0 Å². The summed E-state index contributed by atoms with van der Waals surface area (Å²) >= 11 is 6.20. The van der Waals surface area contributed by atoms with Crippen LogP contribution in [0.5, 0.6) is 0 Å². The number of halogens is 1. The lowest BCUT2D eigenvalue weighted by atomic mass is 10.1. The number of anilines is 1. The van der Waals surface area contributed by atoms with E-state index in [2.05, 4.69) is 14.8 Å². The van der Waals surface area contributed by atoms with Gasteiger partial charge in [-0.15, -0.1) is 0 Å². The van der Waals surface area contributed by atoms with Crippen molar-refractivity contribution in [3.8, 4) is 0 Å². The average Bonchev–Trinajstić information content (AvgIpc) is 3.24. The Labute approximate surface area is 131 Å². The molecule has 4 nitrogen and oxygen atoms in total. The van der Waals surface area contributed by atoms with Crippen molar-refractivity contribution in [1.29, 1.82) is 0 Å². The minimum atomic E-state index is 0.558. The molecular weight excluding hydrogens is 284 g/mol. The first-order valence-corrected chi connectivity index (χ1v) is 8.71. The van der Waals surface area contributed by atoms with Gasteiger partial charge in [-0.1, -0.05) is 18.0 Å². The minimum absolute atomic E-state index is 0.558. The fourth-order valence-electron chi connectivity index (χ4n) is 3.64. The molecule has 3 aliphatic rings. The van der Waals surface area contributed by atoms with Crippen LogP contribution >= 0.6 is 11.6 Å². The zero-order chi connectivity index (χ0) is 14.2. The van der Waals surface area contributed by atoms with Crippen molar-refractivity contribution in [2.24, 2.45) is 0 Å². The molecular formula is C16H23ClN4. The van der Waals surface area contributed by atoms with Gasteiger partial charge in [0.25, 0.3) is 0 Å². The van der Waals surface area contributed by atoms with E-state index in [0.717, 1.165) is 24.7 Å². The van der Waals surface area contributed by atoms with E-state index in [1.54, 1.807) is 0 Å². The summed E-state index contributed by atoms with van der Waals surface area (Å²) in [6.45, 7) is 4.74. The van der Waals surface area contributed by atoms with Gasteiger partial charge in [0.05, 0.1) is 0 Å². The highest BCUT2D eigenvalue weighted by molar-refractivity contribution is 6.29. The molecule has 1 aromatic heterocycles. The third kappa shape index (κ3) is 3.02. The average molecular weight is 307 g/mol. The molecule has 0 spiro atoms. The van der Waals surface area contributed by atoms with Crippen molar-refractivity contribution in [2.45, 2.75) is 50.5 Å². The Kier molecular flexibility index (Phi) is 3.76. The van der Waals surface area contributed by atoms with Crippen molar-refractivity contribution < 1.29 is 0 Å². The van der Waals surface area contributed by atoms with E-state index in [4.69, 9.17) is 16.6 Å². The summed E-state index contributed by atoms with van der Waals surface area (Å²) in [4.78, 5) is 14.2. The fourth-order valence-corrected chi connectivity index (χ4v) is 3.82. The lowest BCUT2D eigenvalue weighted by Gasteiger charge is -2.32. The number of hydrogen-bond donors (Lipinski definition) is 0. The molecule has 0 N–H and O–H groups in total. The van der Waals surface area contributed by atoms with Crippen LogP contribution in [0.4, 0.5) is 5.82 Å². The molecule has 0 radical (unpaired) electrons. The Balaban J connectivity index is 1.47. The summed E-state index contributed by atoms with van der Waals surface area (Å²) in [5.74, 6) is 2.55. The molecule has 2 aliphatic heterocycles. The van der Waals surface area contributed by atoms with Crippen molar-refractivity contribution in [3.05, 3.63) is 17.0 Å². The van der Waals surface area contributed by atoms with Gasteiger partial charge >= 0.3 is 0 Å². The number of aromatic nitrogens is 2. The van der Waals surface area contributed by atoms with Crippen molar-refractivity contribution in [1.82, 2.24) is 14.9 Å². The molecule has 1 aliphatic carbocycles. The molecule has 5 heteroatoms. The Morgan fingerprint density at radius 2 is 1.81 bits per heavy atom. The van der Waals surface area contributed by atoms with Crippen molar-refractivity contribution >= 4 is 17.4 Å². The number of nitrogens with zero attached hydrogens (tertiary/aromatic N) is 4. The van der Waals surface area contributed by atoms with Crippen LogP contribution in [0, 0.1) is 0 Å². The van der Waals surface area contributed by atoms with Crippen molar-refractivity contribution in [2.75, 3.05) is 31.1 Å². The first kappa shape index (κ1) is 13.8. The smallest absolute Gasteiger partial charge is 0.135 e. The number of hydrogen-bond acceptors (Lipinski definition) is 4. The van der Waals surface area contributed by atoms with Gasteiger partial charge in [0.1, 0.15) is 16.8 Å². The van der Waals surface area contributed by atoms with Crippen molar-refractivity contribution in [3.63, 3.8) is 0 Å². The molecule has 1 atom stereocenters. The Morgan fingerprint density at radius 1 is 1.00 bits per heavy atom. The lowest BCUT2D eigenvalue weighted by molar-refractivity contribution is 0.175. The van der Waals surface area contributed by atoms with E-state index in [9.17, 15) is 0 Å². The second-order valence-electron chi connectivity index (χ2n) is 6.67. The van der Waals surface area contributed by atoms with Gasteiger partial charge in [0.15, 0.2) is 0 Å². The summed E-state index contributed by atoms with van der Waals surface area (Å²) in [6.07, 6.45) is 7.81. The van der Waals surface area contributed by atoms with Crippen LogP contribution in [0.2, 0.25) is 5.15 Å². The van der Waals surface area contributed by atoms with E-state index in [-0.39, 0.29) is 0 Å². The maximum absolute atomic E-state index is 6.20. The number of piperidine rings is 1.